The molecule has 0 aromatic carbocycles. The first-order valence-electron chi connectivity index (χ1n) is 9.09. The predicted octanol–water partition coefficient (Wildman–Crippen LogP) is 0.420. The Morgan fingerprint density at radius 1 is 1.00 bits per heavy atom. The van der Waals surface area contributed by atoms with Gasteiger partial charge in [0.2, 0.25) is 10.0 Å². The van der Waals surface area contributed by atoms with Crippen LogP contribution in [0.1, 0.15) is 27.7 Å². The number of imidazole rings is 1. The molecule has 1 aliphatic heterocycles. The van der Waals surface area contributed by atoms with Crippen LogP contribution in [-0.2, 0) is 31.8 Å². The number of carbonyl (C=O) groups excluding carboxylic acids is 1. The van der Waals surface area contributed by atoms with E-state index in [1.54, 1.807) is 18.5 Å². The highest BCUT2D eigenvalue weighted by Gasteiger charge is 2.39. The second kappa shape index (κ2) is 7.80. The zero-order chi connectivity index (χ0) is 22.4. The Bertz CT molecular complexity index is 1170. The fourth-order valence-corrected chi connectivity index (χ4v) is 6.61. The average molecular weight is 461 g/mol. The number of sulfonamides is 2. The van der Waals surface area contributed by atoms with E-state index in [1.807, 2.05) is 0 Å². The molecule has 0 atom stereocenters. The minimum absolute atomic E-state index is 0.0410. The summed E-state index contributed by atoms with van der Waals surface area (Å²) >= 11 is 0. The van der Waals surface area contributed by atoms with Gasteiger partial charge in [-0.15, -0.1) is 0 Å². The lowest BCUT2D eigenvalue weighted by Gasteiger charge is -2.32. The summed E-state index contributed by atoms with van der Waals surface area (Å²) in [4.78, 5) is 15.9. The average Bonchev–Trinajstić information content (AvgIpc) is 3.19. The number of furan rings is 1. The van der Waals surface area contributed by atoms with Crippen molar-refractivity contribution < 1.29 is 30.8 Å². The van der Waals surface area contributed by atoms with Crippen LogP contribution in [0.2, 0.25) is 0 Å². The monoisotopic (exact) mass is 460 g/mol. The van der Waals surface area contributed by atoms with Gasteiger partial charge >= 0.3 is 5.97 Å². The van der Waals surface area contributed by atoms with Crippen molar-refractivity contribution in [3.63, 3.8) is 0 Å². The van der Waals surface area contributed by atoms with Gasteiger partial charge in [-0.1, -0.05) is 0 Å². The summed E-state index contributed by atoms with van der Waals surface area (Å²) in [5, 5.41) is -0.0758. The summed E-state index contributed by atoms with van der Waals surface area (Å²) in [6.45, 7) is 4.41. The van der Waals surface area contributed by atoms with Crippen LogP contribution in [0.15, 0.2) is 20.5 Å². The van der Waals surface area contributed by atoms with E-state index in [4.69, 9.17) is 9.15 Å². The van der Waals surface area contributed by atoms with E-state index >= 15 is 0 Å². The van der Waals surface area contributed by atoms with Gasteiger partial charge in [0, 0.05) is 39.4 Å². The van der Waals surface area contributed by atoms with Crippen LogP contribution in [-0.4, -0.2) is 74.3 Å². The number of hydrogen-bond donors (Lipinski definition) is 0. The third-order valence-electron chi connectivity index (χ3n) is 5.08. The second-order valence-electron chi connectivity index (χ2n) is 6.96. The molecular weight excluding hydrogens is 436 g/mol. The van der Waals surface area contributed by atoms with Gasteiger partial charge in [-0.3, -0.25) is 0 Å². The Labute approximate surface area is 175 Å². The van der Waals surface area contributed by atoms with E-state index in [0.717, 1.165) is 11.4 Å². The number of ether oxygens (including phenoxy) is 1. The largest absolute Gasteiger partial charge is 0.465 e. The molecule has 0 amide bonds. The summed E-state index contributed by atoms with van der Waals surface area (Å²) in [5.41, 5.74) is -0.144. The fourth-order valence-electron chi connectivity index (χ4n) is 3.37. The van der Waals surface area contributed by atoms with Gasteiger partial charge in [-0.25, -0.2) is 26.6 Å². The molecule has 0 saturated carbocycles. The summed E-state index contributed by atoms with van der Waals surface area (Å²) in [7, 11) is -5.09. The highest BCUT2D eigenvalue weighted by atomic mass is 32.2. The van der Waals surface area contributed by atoms with Crippen molar-refractivity contribution in [1.82, 2.24) is 18.2 Å². The zero-order valence-corrected chi connectivity index (χ0v) is 19.0. The van der Waals surface area contributed by atoms with Crippen LogP contribution in [0, 0.1) is 20.8 Å². The molecule has 13 heteroatoms. The lowest BCUT2D eigenvalue weighted by atomic mass is 10.2. The van der Waals surface area contributed by atoms with Crippen molar-refractivity contribution in [2.75, 3.05) is 33.3 Å². The Morgan fingerprint density at radius 2 is 1.53 bits per heavy atom. The molecule has 2 aromatic rings. The quantitative estimate of drug-likeness (QED) is 0.587. The highest BCUT2D eigenvalue weighted by molar-refractivity contribution is 7.89. The second-order valence-corrected chi connectivity index (χ2v) is 10.7. The molecule has 2 aromatic heterocycles. The molecule has 0 bridgehead atoms. The minimum Gasteiger partial charge on any atom is -0.465 e. The maximum Gasteiger partial charge on any atom is 0.342 e. The number of aromatic nitrogens is 2. The Kier molecular flexibility index (Phi) is 5.84. The number of piperazine rings is 1. The normalized spacial score (nSPS) is 16.7. The molecule has 3 heterocycles. The smallest absolute Gasteiger partial charge is 0.342 e. The molecule has 11 nitrogen and oxygen atoms in total. The van der Waals surface area contributed by atoms with Crippen molar-refractivity contribution >= 4 is 26.0 Å². The minimum atomic E-state index is -4.10. The number of aryl methyl sites for hydroxylation is 4. The molecule has 0 aliphatic carbocycles. The lowest BCUT2D eigenvalue weighted by molar-refractivity contribution is 0.0594. The van der Waals surface area contributed by atoms with E-state index in [-0.39, 0.29) is 53.2 Å². The number of rotatable bonds is 5. The van der Waals surface area contributed by atoms with Crippen LogP contribution in [0.25, 0.3) is 0 Å². The van der Waals surface area contributed by atoms with Gasteiger partial charge in [-0.05, 0) is 20.8 Å². The summed E-state index contributed by atoms with van der Waals surface area (Å²) in [5.74, 6) is -0.0397. The van der Waals surface area contributed by atoms with Crippen LogP contribution in [0.3, 0.4) is 0 Å². The topological polar surface area (TPSA) is 132 Å². The van der Waals surface area contributed by atoms with Gasteiger partial charge < -0.3 is 13.7 Å². The zero-order valence-electron chi connectivity index (χ0n) is 17.4. The Morgan fingerprint density at radius 3 is 2.00 bits per heavy atom. The molecule has 3 rings (SSSR count). The van der Waals surface area contributed by atoms with Gasteiger partial charge in [0.25, 0.3) is 10.0 Å². The molecular formula is C17H24N4O7S2. The molecule has 0 radical (unpaired) electrons. The first-order chi connectivity index (χ1) is 13.9. The van der Waals surface area contributed by atoms with Gasteiger partial charge in [0.05, 0.1) is 7.11 Å². The third kappa shape index (κ3) is 3.66. The fraction of sp³-hybridized carbons (Fsp3) is 0.529. The van der Waals surface area contributed by atoms with Crippen LogP contribution >= 0.6 is 0 Å². The molecule has 166 valence electrons. The number of nitrogens with zero attached hydrogens (tertiary/aromatic N) is 4. The Balaban J connectivity index is 1.85. The molecule has 1 saturated heterocycles. The molecule has 30 heavy (non-hydrogen) atoms. The number of carbonyl (C=O) groups is 1. The van der Waals surface area contributed by atoms with Gasteiger partial charge in [0.15, 0.2) is 5.03 Å². The van der Waals surface area contributed by atoms with E-state index in [9.17, 15) is 21.6 Å². The summed E-state index contributed by atoms with van der Waals surface area (Å²) < 4.78 is 66.1. The predicted molar refractivity (Wildman–Crippen MR) is 105 cm³/mol. The van der Waals surface area contributed by atoms with Crippen molar-refractivity contribution in [3.05, 3.63) is 29.1 Å². The van der Waals surface area contributed by atoms with Crippen molar-refractivity contribution in [2.24, 2.45) is 7.05 Å². The van der Waals surface area contributed by atoms with Crippen LogP contribution in [0.4, 0.5) is 0 Å². The highest BCUT2D eigenvalue weighted by Crippen LogP contribution is 2.31. The number of hydrogen-bond acceptors (Lipinski definition) is 8. The maximum atomic E-state index is 13.2. The molecule has 1 aliphatic rings. The first-order valence-corrected chi connectivity index (χ1v) is 12.0. The molecule has 0 spiro atoms. The third-order valence-corrected chi connectivity index (χ3v) is 8.90. The van der Waals surface area contributed by atoms with E-state index in [2.05, 4.69) is 4.98 Å². The van der Waals surface area contributed by atoms with Crippen molar-refractivity contribution in [2.45, 2.75) is 30.7 Å². The maximum absolute atomic E-state index is 13.2. The first kappa shape index (κ1) is 22.5. The van der Waals surface area contributed by atoms with Gasteiger partial charge in [-0.2, -0.15) is 8.61 Å². The van der Waals surface area contributed by atoms with Crippen molar-refractivity contribution in [1.29, 1.82) is 0 Å². The van der Waals surface area contributed by atoms with E-state index in [0.29, 0.717) is 5.82 Å². The van der Waals surface area contributed by atoms with E-state index in [1.165, 1.54) is 24.3 Å². The number of esters is 1. The Hall–Kier alpha value is -2.22. The van der Waals surface area contributed by atoms with Gasteiger partial charge in [0.1, 0.15) is 27.8 Å². The lowest BCUT2D eigenvalue weighted by Crippen LogP contribution is -2.50. The molecule has 0 N–H and O–H groups in total. The van der Waals surface area contributed by atoms with Crippen molar-refractivity contribution in [3.8, 4) is 0 Å². The van der Waals surface area contributed by atoms with Crippen LogP contribution < -0.4 is 0 Å². The SMILES string of the molecule is COC(=O)c1c(C)oc(C)c1S(=O)(=O)N1CCN(S(=O)(=O)c2cn(C)c(C)n2)CC1. The number of methoxy groups -OCH3 is 1. The summed E-state index contributed by atoms with van der Waals surface area (Å²) in [6, 6.07) is 0. The van der Waals surface area contributed by atoms with Crippen LogP contribution in [0.5, 0.6) is 0 Å². The molecule has 1 fully saturated rings. The molecule has 0 unspecified atom stereocenters. The summed E-state index contributed by atoms with van der Waals surface area (Å²) in [6.07, 6.45) is 1.42. The standard InChI is InChI=1S/C17H24N4O7S2/c1-11-15(17(22)27-5)16(12(2)28-11)30(25,26)21-8-6-20(7-9-21)29(23,24)14-10-19(4)13(3)18-14/h10H,6-9H2,1-5H3. The van der Waals surface area contributed by atoms with E-state index < -0.39 is 26.0 Å².